The standard InChI is InChI=1S/C24H38N2O5/c1-15-14-25(24(28)22-4-3-9-29-22)20-12-17(5-7-19(20)26(15)16(2)27)18-6-8-21-23(13-18)31-11-10-30-21/h15,17-23H,3-14H2,1-2H3/t15-,17?,18?,19?,20?,21?,22?,23?/m0/s1. The molecule has 0 spiro atoms. The summed E-state index contributed by atoms with van der Waals surface area (Å²) in [5.41, 5.74) is 0. The van der Waals surface area contributed by atoms with E-state index in [1.807, 2.05) is 0 Å². The predicted molar refractivity (Wildman–Crippen MR) is 114 cm³/mol. The van der Waals surface area contributed by atoms with Crippen molar-refractivity contribution in [3.63, 3.8) is 0 Å². The van der Waals surface area contributed by atoms with E-state index in [0.29, 0.717) is 31.6 Å². The summed E-state index contributed by atoms with van der Waals surface area (Å²) < 4.78 is 17.7. The first-order chi connectivity index (χ1) is 15.0. The van der Waals surface area contributed by atoms with Crippen LogP contribution >= 0.6 is 0 Å². The highest BCUT2D eigenvalue weighted by Gasteiger charge is 2.49. The number of carbonyl (C=O) groups is 2. The van der Waals surface area contributed by atoms with E-state index < -0.39 is 0 Å². The van der Waals surface area contributed by atoms with Crippen LogP contribution in [0.4, 0.5) is 0 Å². The topological polar surface area (TPSA) is 68.3 Å². The Bertz CT molecular complexity index is 681. The molecule has 5 aliphatic rings. The van der Waals surface area contributed by atoms with Gasteiger partial charge in [0.05, 0.1) is 37.5 Å². The Morgan fingerprint density at radius 2 is 1.55 bits per heavy atom. The SMILES string of the molecule is CC(=O)N1C2CCC(C3CCC4OCCOC4C3)CC2N(C(=O)C2CCCO2)C[C@@H]1C. The fourth-order valence-corrected chi connectivity index (χ4v) is 7.16. The third kappa shape index (κ3) is 4.13. The Morgan fingerprint density at radius 1 is 0.806 bits per heavy atom. The number of piperazine rings is 1. The number of nitrogens with zero attached hydrogens (tertiary/aromatic N) is 2. The zero-order valence-electron chi connectivity index (χ0n) is 19.0. The Labute approximate surface area is 185 Å². The summed E-state index contributed by atoms with van der Waals surface area (Å²) in [6.07, 6.45) is 8.42. The van der Waals surface area contributed by atoms with Crippen LogP contribution in [0, 0.1) is 11.8 Å². The second kappa shape index (κ2) is 8.99. The zero-order chi connectivity index (χ0) is 21.5. The van der Waals surface area contributed by atoms with Crippen LogP contribution in [-0.2, 0) is 23.8 Å². The molecule has 7 nitrogen and oxygen atoms in total. The molecule has 0 N–H and O–H groups in total. The van der Waals surface area contributed by atoms with Gasteiger partial charge in [0.25, 0.3) is 5.91 Å². The average Bonchev–Trinajstić information content (AvgIpc) is 3.32. The van der Waals surface area contributed by atoms with Crippen LogP contribution < -0.4 is 0 Å². The molecule has 5 rings (SSSR count). The Hall–Kier alpha value is -1.18. The van der Waals surface area contributed by atoms with Gasteiger partial charge >= 0.3 is 0 Å². The number of amides is 2. The molecule has 2 amide bonds. The van der Waals surface area contributed by atoms with Crippen molar-refractivity contribution in [3.8, 4) is 0 Å². The lowest BCUT2D eigenvalue weighted by atomic mass is 9.68. The van der Waals surface area contributed by atoms with E-state index >= 15 is 0 Å². The molecule has 0 bridgehead atoms. The smallest absolute Gasteiger partial charge is 0.252 e. The lowest BCUT2D eigenvalue weighted by molar-refractivity contribution is -0.170. The molecule has 3 aliphatic heterocycles. The first kappa shape index (κ1) is 21.7. The first-order valence-electron chi connectivity index (χ1n) is 12.5. The van der Waals surface area contributed by atoms with Crippen molar-refractivity contribution >= 4 is 11.8 Å². The summed E-state index contributed by atoms with van der Waals surface area (Å²) in [6.45, 7) is 6.50. The number of fused-ring (bicyclic) bond motifs is 2. The quantitative estimate of drug-likeness (QED) is 0.668. The van der Waals surface area contributed by atoms with Crippen molar-refractivity contribution < 1.29 is 23.8 Å². The second-order valence-electron chi connectivity index (χ2n) is 10.4. The summed E-state index contributed by atoms with van der Waals surface area (Å²) in [5, 5.41) is 0. The maximum atomic E-state index is 13.4. The molecule has 0 aromatic rings. The van der Waals surface area contributed by atoms with E-state index in [0.717, 1.165) is 51.6 Å². The molecule has 8 atom stereocenters. The van der Waals surface area contributed by atoms with Crippen molar-refractivity contribution in [2.75, 3.05) is 26.4 Å². The fraction of sp³-hybridized carbons (Fsp3) is 0.917. The van der Waals surface area contributed by atoms with Crippen LogP contribution in [0.15, 0.2) is 0 Å². The highest BCUT2D eigenvalue weighted by atomic mass is 16.6. The molecule has 174 valence electrons. The summed E-state index contributed by atoms with van der Waals surface area (Å²) in [7, 11) is 0. The molecule has 0 aromatic carbocycles. The molecule has 0 radical (unpaired) electrons. The molecule has 2 saturated carbocycles. The van der Waals surface area contributed by atoms with Crippen LogP contribution in [0.25, 0.3) is 0 Å². The van der Waals surface area contributed by atoms with Gasteiger partial charge in [-0.3, -0.25) is 9.59 Å². The Balaban J connectivity index is 1.33. The Kier molecular flexibility index (Phi) is 6.28. The van der Waals surface area contributed by atoms with Crippen LogP contribution in [0.2, 0.25) is 0 Å². The summed E-state index contributed by atoms with van der Waals surface area (Å²) in [5.74, 6) is 1.48. The normalized spacial score (nSPS) is 43.3. The van der Waals surface area contributed by atoms with Gasteiger partial charge in [0.1, 0.15) is 6.10 Å². The highest BCUT2D eigenvalue weighted by Crippen LogP contribution is 2.44. The monoisotopic (exact) mass is 434 g/mol. The van der Waals surface area contributed by atoms with Crippen molar-refractivity contribution in [3.05, 3.63) is 0 Å². The van der Waals surface area contributed by atoms with Gasteiger partial charge < -0.3 is 24.0 Å². The van der Waals surface area contributed by atoms with Crippen molar-refractivity contribution in [2.45, 2.75) is 102 Å². The van der Waals surface area contributed by atoms with E-state index in [2.05, 4.69) is 16.7 Å². The molecule has 31 heavy (non-hydrogen) atoms. The predicted octanol–water partition coefficient (Wildman–Crippen LogP) is 2.37. The van der Waals surface area contributed by atoms with Crippen LogP contribution in [0.1, 0.15) is 65.2 Å². The van der Waals surface area contributed by atoms with Gasteiger partial charge in [0.15, 0.2) is 0 Å². The fourth-order valence-electron chi connectivity index (χ4n) is 7.16. The van der Waals surface area contributed by atoms with Crippen molar-refractivity contribution in [1.82, 2.24) is 9.80 Å². The van der Waals surface area contributed by atoms with E-state index in [4.69, 9.17) is 14.2 Å². The highest BCUT2D eigenvalue weighted by molar-refractivity contribution is 5.82. The van der Waals surface area contributed by atoms with Crippen LogP contribution in [0.5, 0.6) is 0 Å². The summed E-state index contributed by atoms with van der Waals surface area (Å²) in [4.78, 5) is 30.1. The van der Waals surface area contributed by atoms with Gasteiger partial charge in [-0.2, -0.15) is 0 Å². The van der Waals surface area contributed by atoms with Crippen LogP contribution in [-0.4, -0.2) is 84.4 Å². The zero-order valence-corrected chi connectivity index (χ0v) is 19.0. The number of hydrogen-bond acceptors (Lipinski definition) is 5. The molecule has 3 heterocycles. The third-order valence-corrected chi connectivity index (χ3v) is 8.55. The van der Waals surface area contributed by atoms with E-state index in [9.17, 15) is 9.59 Å². The number of carbonyl (C=O) groups excluding carboxylic acids is 2. The molecule has 5 fully saturated rings. The third-order valence-electron chi connectivity index (χ3n) is 8.55. The molecule has 7 heteroatoms. The minimum atomic E-state index is -0.291. The largest absolute Gasteiger partial charge is 0.373 e. The molecular weight excluding hydrogens is 396 g/mol. The maximum absolute atomic E-state index is 13.4. The van der Waals surface area contributed by atoms with Crippen LogP contribution in [0.3, 0.4) is 0 Å². The van der Waals surface area contributed by atoms with Gasteiger partial charge in [0, 0.05) is 26.1 Å². The molecule has 2 aliphatic carbocycles. The van der Waals surface area contributed by atoms with Crippen molar-refractivity contribution in [1.29, 1.82) is 0 Å². The first-order valence-corrected chi connectivity index (χ1v) is 12.5. The van der Waals surface area contributed by atoms with Gasteiger partial charge in [-0.15, -0.1) is 0 Å². The molecule has 3 saturated heterocycles. The number of rotatable bonds is 2. The average molecular weight is 435 g/mol. The van der Waals surface area contributed by atoms with Crippen molar-refractivity contribution in [2.24, 2.45) is 11.8 Å². The maximum Gasteiger partial charge on any atom is 0.252 e. The summed E-state index contributed by atoms with van der Waals surface area (Å²) in [6, 6.07) is 0.300. The number of ether oxygens (including phenoxy) is 3. The van der Waals surface area contributed by atoms with E-state index in [1.54, 1.807) is 6.92 Å². The summed E-state index contributed by atoms with van der Waals surface area (Å²) >= 11 is 0. The molecule has 0 aromatic heterocycles. The second-order valence-corrected chi connectivity index (χ2v) is 10.4. The lowest BCUT2D eigenvalue weighted by Crippen LogP contribution is -2.68. The number of hydrogen-bond donors (Lipinski definition) is 0. The minimum Gasteiger partial charge on any atom is -0.373 e. The lowest BCUT2D eigenvalue weighted by Gasteiger charge is -2.55. The minimum absolute atomic E-state index is 0.0591. The molecule has 7 unspecified atom stereocenters. The van der Waals surface area contributed by atoms with Gasteiger partial charge in [-0.25, -0.2) is 0 Å². The van der Waals surface area contributed by atoms with Gasteiger partial charge in [-0.1, -0.05) is 0 Å². The Morgan fingerprint density at radius 3 is 2.29 bits per heavy atom. The van der Waals surface area contributed by atoms with E-state index in [1.165, 1.54) is 6.42 Å². The van der Waals surface area contributed by atoms with Gasteiger partial charge in [-0.05, 0) is 70.1 Å². The van der Waals surface area contributed by atoms with E-state index in [-0.39, 0.29) is 48.3 Å². The van der Waals surface area contributed by atoms with Gasteiger partial charge in [0.2, 0.25) is 5.91 Å². The molecular formula is C24H38N2O5.